The molecule has 0 unspecified atom stereocenters. The zero-order valence-electron chi connectivity index (χ0n) is 7.21. The second-order valence-corrected chi connectivity index (χ2v) is 3.59. The van der Waals surface area contributed by atoms with Gasteiger partial charge in [-0.05, 0) is 26.4 Å². The average molecular weight is 174 g/mol. The predicted octanol–water partition coefficient (Wildman–Crippen LogP) is 0.509. The van der Waals surface area contributed by atoms with Gasteiger partial charge in [0.1, 0.15) is 0 Å². The lowest BCUT2D eigenvalue weighted by molar-refractivity contribution is 0.124. The van der Waals surface area contributed by atoms with Crippen LogP contribution in [0.5, 0.6) is 0 Å². The molecule has 0 amide bonds. The summed E-state index contributed by atoms with van der Waals surface area (Å²) in [6, 6.07) is 0.902. The molecule has 11 heavy (non-hydrogen) atoms. The number of hydrogen-bond donors (Lipinski definition) is 0. The molecule has 0 bridgehead atoms. The second kappa shape index (κ2) is 3.78. The quantitative estimate of drug-likeness (QED) is 0.528. The molecule has 1 atom stereocenters. The van der Waals surface area contributed by atoms with E-state index in [1.54, 1.807) is 0 Å². The van der Waals surface area contributed by atoms with E-state index in [0.717, 1.165) is 6.04 Å². The average Bonchev–Trinajstić information content (AvgIpc) is 2.33. The lowest BCUT2D eigenvalue weighted by Crippen LogP contribution is -2.48. The Hall–Kier alpha value is 0.270. The van der Waals surface area contributed by atoms with Crippen molar-refractivity contribution in [3.05, 3.63) is 0 Å². The highest BCUT2D eigenvalue weighted by molar-refractivity contribution is 7.59. The van der Waals surface area contributed by atoms with Gasteiger partial charge in [-0.2, -0.15) is 13.5 Å². The van der Waals surface area contributed by atoms with Crippen molar-refractivity contribution in [2.75, 3.05) is 33.2 Å². The number of fused-ring (bicyclic) bond motifs is 1. The molecule has 2 heterocycles. The maximum Gasteiger partial charge on any atom is 0.0224 e. The third-order valence-electron chi connectivity index (χ3n) is 2.79. The molecule has 66 valence electrons. The van der Waals surface area contributed by atoms with E-state index < -0.39 is 0 Å². The summed E-state index contributed by atoms with van der Waals surface area (Å²) in [4.78, 5) is 5.09. The van der Waals surface area contributed by atoms with Crippen molar-refractivity contribution in [1.82, 2.24) is 9.80 Å². The van der Waals surface area contributed by atoms with E-state index in [9.17, 15) is 0 Å². The molecular weight excluding hydrogens is 156 g/mol. The standard InChI is InChI=1S/C8H16N2.H2S/c1-9-5-6-10-4-2-3-8(10)7-9;/h8H,2-7H2,1H3;1H2/t8-;/m0./s1. The van der Waals surface area contributed by atoms with Crippen LogP contribution in [0.15, 0.2) is 0 Å². The summed E-state index contributed by atoms with van der Waals surface area (Å²) < 4.78 is 0. The fourth-order valence-corrected chi connectivity index (χ4v) is 2.15. The minimum atomic E-state index is 0. The Morgan fingerprint density at radius 1 is 1.18 bits per heavy atom. The maximum atomic E-state index is 2.64. The highest BCUT2D eigenvalue weighted by atomic mass is 32.1. The van der Waals surface area contributed by atoms with Crippen molar-refractivity contribution in [3.63, 3.8) is 0 Å². The second-order valence-electron chi connectivity index (χ2n) is 3.59. The van der Waals surface area contributed by atoms with Crippen molar-refractivity contribution in [2.45, 2.75) is 18.9 Å². The zero-order chi connectivity index (χ0) is 6.97. The van der Waals surface area contributed by atoms with Gasteiger partial charge in [-0.15, -0.1) is 0 Å². The molecule has 0 N–H and O–H groups in total. The van der Waals surface area contributed by atoms with Crippen LogP contribution >= 0.6 is 13.5 Å². The molecule has 2 saturated heterocycles. The lowest BCUT2D eigenvalue weighted by Gasteiger charge is -2.35. The van der Waals surface area contributed by atoms with E-state index in [1.807, 2.05) is 0 Å². The number of hydrogen-bond acceptors (Lipinski definition) is 2. The Morgan fingerprint density at radius 3 is 2.82 bits per heavy atom. The molecule has 3 heteroatoms. The van der Waals surface area contributed by atoms with Gasteiger partial charge in [0.2, 0.25) is 0 Å². The van der Waals surface area contributed by atoms with Gasteiger partial charge in [0.05, 0.1) is 0 Å². The monoisotopic (exact) mass is 174 g/mol. The molecule has 2 nitrogen and oxygen atoms in total. The SMILES string of the molecule is CN1CCN2CCC[C@H]2C1.S. The van der Waals surface area contributed by atoms with Gasteiger partial charge < -0.3 is 4.90 Å². The van der Waals surface area contributed by atoms with Crippen LogP contribution in [-0.2, 0) is 0 Å². The number of rotatable bonds is 0. The van der Waals surface area contributed by atoms with E-state index in [0.29, 0.717) is 0 Å². The molecule has 0 aliphatic carbocycles. The normalized spacial score (nSPS) is 33.0. The van der Waals surface area contributed by atoms with Crippen molar-refractivity contribution >= 4 is 13.5 Å². The topological polar surface area (TPSA) is 6.48 Å². The van der Waals surface area contributed by atoms with Crippen LogP contribution in [-0.4, -0.2) is 49.1 Å². The third-order valence-corrected chi connectivity index (χ3v) is 2.79. The summed E-state index contributed by atoms with van der Waals surface area (Å²) in [5.74, 6) is 0. The third kappa shape index (κ3) is 1.89. The Balaban J connectivity index is 0.000000605. The van der Waals surface area contributed by atoms with Crippen LogP contribution in [0.1, 0.15) is 12.8 Å². The maximum absolute atomic E-state index is 2.64. The van der Waals surface area contributed by atoms with Gasteiger partial charge in [-0.1, -0.05) is 0 Å². The Morgan fingerprint density at radius 2 is 2.00 bits per heavy atom. The van der Waals surface area contributed by atoms with Crippen LogP contribution in [0.3, 0.4) is 0 Å². The molecular formula is C8H18N2S. The first kappa shape index (κ1) is 9.36. The first-order valence-electron chi connectivity index (χ1n) is 4.29. The summed E-state index contributed by atoms with van der Waals surface area (Å²) in [5.41, 5.74) is 0. The van der Waals surface area contributed by atoms with E-state index in [4.69, 9.17) is 0 Å². The van der Waals surface area contributed by atoms with E-state index >= 15 is 0 Å². The predicted molar refractivity (Wildman–Crippen MR) is 52.5 cm³/mol. The van der Waals surface area contributed by atoms with Gasteiger partial charge >= 0.3 is 0 Å². The molecule has 0 aromatic rings. The first-order chi connectivity index (χ1) is 4.86. The highest BCUT2D eigenvalue weighted by Crippen LogP contribution is 2.20. The molecule has 0 aromatic carbocycles. The lowest BCUT2D eigenvalue weighted by atomic mass is 10.2. The van der Waals surface area contributed by atoms with Gasteiger partial charge in [0.25, 0.3) is 0 Å². The van der Waals surface area contributed by atoms with E-state index in [2.05, 4.69) is 16.8 Å². The first-order valence-corrected chi connectivity index (χ1v) is 4.29. The van der Waals surface area contributed by atoms with Gasteiger partial charge in [-0.3, -0.25) is 4.90 Å². The van der Waals surface area contributed by atoms with Crippen molar-refractivity contribution < 1.29 is 0 Å². The molecule has 2 aliphatic rings. The van der Waals surface area contributed by atoms with Crippen molar-refractivity contribution in [2.24, 2.45) is 0 Å². The van der Waals surface area contributed by atoms with Crippen LogP contribution in [0.4, 0.5) is 0 Å². The summed E-state index contributed by atoms with van der Waals surface area (Å²) in [7, 11) is 2.23. The van der Waals surface area contributed by atoms with Crippen LogP contribution in [0.25, 0.3) is 0 Å². The Kier molecular flexibility index (Phi) is 3.22. The number of nitrogens with zero attached hydrogens (tertiary/aromatic N) is 2. The van der Waals surface area contributed by atoms with Crippen LogP contribution in [0.2, 0.25) is 0 Å². The molecule has 0 radical (unpaired) electrons. The largest absolute Gasteiger partial charge is 0.304 e. The number of piperazine rings is 1. The van der Waals surface area contributed by atoms with Gasteiger partial charge in [0, 0.05) is 25.7 Å². The minimum Gasteiger partial charge on any atom is -0.304 e. The van der Waals surface area contributed by atoms with Crippen molar-refractivity contribution in [1.29, 1.82) is 0 Å². The molecule has 2 fully saturated rings. The fourth-order valence-electron chi connectivity index (χ4n) is 2.15. The fraction of sp³-hybridized carbons (Fsp3) is 1.00. The summed E-state index contributed by atoms with van der Waals surface area (Å²) in [6.45, 7) is 5.25. The smallest absolute Gasteiger partial charge is 0.0224 e. The van der Waals surface area contributed by atoms with Crippen molar-refractivity contribution in [3.8, 4) is 0 Å². The van der Waals surface area contributed by atoms with E-state index in [1.165, 1.54) is 39.0 Å². The summed E-state index contributed by atoms with van der Waals surface area (Å²) in [5, 5.41) is 0. The van der Waals surface area contributed by atoms with Gasteiger partial charge in [0.15, 0.2) is 0 Å². The molecule has 0 spiro atoms. The molecule has 0 saturated carbocycles. The number of likely N-dealkylation sites (N-methyl/N-ethyl adjacent to an activating group) is 1. The van der Waals surface area contributed by atoms with Crippen LogP contribution < -0.4 is 0 Å². The Bertz CT molecular complexity index is 129. The summed E-state index contributed by atoms with van der Waals surface area (Å²) >= 11 is 0. The Labute approximate surface area is 76.0 Å². The van der Waals surface area contributed by atoms with Gasteiger partial charge in [-0.25, -0.2) is 0 Å². The zero-order valence-corrected chi connectivity index (χ0v) is 8.21. The molecule has 0 aromatic heterocycles. The molecule has 2 rings (SSSR count). The van der Waals surface area contributed by atoms with Crippen LogP contribution in [0, 0.1) is 0 Å². The highest BCUT2D eigenvalue weighted by Gasteiger charge is 2.28. The summed E-state index contributed by atoms with van der Waals surface area (Å²) in [6.07, 6.45) is 2.86. The molecule has 2 aliphatic heterocycles. The minimum absolute atomic E-state index is 0. The van der Waals surface area contributed by atoms with E-state index in [-0.39, 0.29) is 13.5 Å².